The third-order valence-corrected chi connectivity index (χ3v) is 3.68. The van der Waals surface area contributed by atoms with Gasteiger partial charge in [0.05, 0.1) is 17.1 Å². The number of nitrogens with zero attached hydrogens (tertiary/aromatic N) is 1. The van der Waals surface area contributed by atoms with Crippen LogP contribution in [0.15, 0.2) is 28.8 Å². The summed E-state index contributed by atoms with van der Waals surface area (Å²) in [4.78, 5) is 11.6. The van der Waals surface area contributed by atoms with Gasteiger partial charge in [0, 0.05) is 22.9 Å². The van der Waals surface area contributed by atoms with Crippen LogP contribution in [0.5, 0.6) is 0 Å². The number of aryl methyl sites for hydroxylation is 1. The van der Waals surface area contributed by atoms with Crippen molar-refractivity contribution in [2.45, 2.75) is 12.7 Å². The summed E-state index contributed by atoms with van der Waals surface area (Å²) in [5.74, 6) is -1.92. The molecule has 21 heavy (non-hydrogen) atoms. The molecule has 0 radical (unpaired) electrons. The van der Waals surface area contributed by atoms with Crippen LogP contribution in [0.3, 0.4) is 0 Å². The molecule has 1 atom stereocenters. The quantitative estimate of drug-likeness (QED) is 0.918. The number of aromatic nitrogens is 1. The van der Waals surface area contributed by atoms with Crippen LogP contribution < -0.4 is 5.32 Å². The molecule has 0 bridgehead atoms. The van der Waals surface area contributed by atoms with Crippen molar-refractivity contribution in [3.63, 3.8) is 0 Å². The van der Waals surface area contributed by atoms with E-state index in [0.717, 1.165) is 12.1 Å². The summed E-state index contributed by atoms with van der Waals surface area (Å²) in [6.45, 7) is 1.70. The van der Waals surface area contributed by atoms with Crippen molar-refractivity contribution < 1.29 is 22.3 Å². The average molecular weight is 314 g/mol. The highest BCUT2D eigenvalue weighted by Crippen LogP contribution is 2.15. The highest BCUT2D eigenvalue weighted by atomic mass is 32.2. The molecule has 1 heterocycles. The van der Waals surface area contributed by atoms with Crippen molar-refractivity contribution in [1.82, 2.24) is 5.16 Å². The molecule has 1 N–H and O–H groups in total. The van der Waals surface area contributed by atoms with E-state index in [1.807, 2.05) is 0 Å². The van der Waals surface area contributed by atoms with Gasteiger partial charge in [-0.2, -0.15) is 0 Å². The van der Waals surface area contributed by atoms with Crippen LogP contribution in [-0.2, 0) is 21.3 Å². The van der Waals surface area contributed by atoms with E-state index in [2.05, 4.69) is 10.5 Å². The minimum atomic E-state index is -1.50. The lowest BCUT2D eigenvalue weighted by atomic mass is 10.3. The molecule has 0 saturated carbocycles. The highest BCUT2D eigenvalue weighted by molar-refractivity contribution is 7.84. The summed E-state index contributed by atoms with van der Waals surface area (Å²) in [6, 6.07) is 4.40. The highest BCUT2D eigenvalue weighted by Gasteiger charge is 2.13. The molecule has 8 heteroatoms. The molecule has 5 nitrogen and oxygen atoms in total. The summed E-state index contributed by atoms with van der Waals surface area (Å²) >= 11 is 0. The third kappa shape index (κ3) is 4.45. The van der Waals surface area contributed by atoms with Gasteiger partial charge in [0.15, 0.2) is 0 Å². The number of amides is 1. The summed E-state index contributed by atoms with van der Waals surface area (Å²) in [5.41, 5.74) is 0.322. The number of rotatable bonds is 5. The second kappa shape index (κ2) is 6.57. The van der Waals surface area contributed by atoms with Gasteiger partial charge < -0.3 is 9.84 Å². The molecule has 1 amide bonds. The molecular formula is C13H12F2N2O3S. The Labute approximate surface area is 121 Å². The largest absolute Gasteiger partial charge is 0.361 e. The van der Waals surface area contributed by atoms with Crippen molar-refractivity contribution in [3.8, 4) is 0 Å². The normalized spacial score (nSPS) is 12.1. The molecule has 0 fully saturated rings. The maximum atomic E-state index is 13.3. The van der Waals surface area contributed by atoms with Gasteiger partial charge in [-0.05, 0) is 19.1 Å². The molecule has 2 rings (SSSR count). The maximum Gasteiger partial charge on any atom is 0.237 e. The Bertz CT molecular complexity index is 688. The maximum absolute atomic E-state index is 13.3. The first-order valence-corrected chi connectivity index (χ1v) is 7.45. The monoisotopic (exact) mass is 314 g/mol. The molecule has 0 aliphatic carbocycles. The van der Waals surface area contributed by atoms with Crippen molar-refractivity contribution in [1.29, 1.82) is 0 Å². The van der Waals surface area contributed by atoms with Gasteiger partial charge in [-0.1, -0.05) is 5.16 Å². The van der Waals surface area contributed by atoms with Crippen LogP contribution in [0, 0.1) is 18.6 Å². The Balaban J connectivity index is 1.90. The smallest absolute Gasteiger partial charge is 0.237 e. The molecule has 2 aromatic rings. The zero-order valence-electron chi connectivity index (χ0n) is 11.1. The second-order valence-corrected chi connectivity index (χ2v) is 5.79. The van der Waals surface area contributed by atoms with Crippen molar-refractivity contribution in [2.75, 3.05) is 11.1 Å². The number of hydrogen-bond acceptors (Lipinski definition) is 4. The van der Waals surface area contributed by atoms with Crippen LogP contribution >= 0.6 is 0 Å². The zero-order chi connectivity index (χ0) is 15.4. The standard InChI is InChI=1S/C13H12F2N2O3S/c1-8-4-10(17-20-8)6-21(19)7-13(18)16-12-3-2-9(14)5-11(12)15/h2-5H,6-7H2,1H3,(H,16,18)/t21-/m0/s1. The van der Waals surface area contributed by atoms with Gasteiger partial charge in [-0.25, -0.2) is 8.78 Å². The Morgan fingerprint density at radius 1 is 1.38 bits per heavy atom. The fraction of sp³-hybridized carbons (Fsp3) is 0.231. The van der Waals surface area contributed by atoms with E-state index in [1.165, 1.54) is 0 Å². The van der Waals surface area contributed by atoms with E-state index in [1.54, 1.807) is 13.0 Å². The first-order valence-electron chi connectivity index (χ1n) is 5.96. The van der Waals surface area contributed by atoms with Crippen LogP contribution in [0.2, 0.25) is 0 Å². The van der Waals surface area contributed by atoms with E-state index in [0.29, 0.717) is 17.5 Å². The minimum Gasteiger partial charge on any atom is -0.361 e. The molecule has 112 valence electrons. The van der Waals surface area contributed by atoms with E-state index < -0.39 is 28.3 Å². The first-order chi connectivity index (χ1) is 9.94. The van der Waals surface area contributed by atoms with Gasteiger partial charge in [0.25, 0.3) is 0 Å². The molecule has 0 saturated heterocycles. The lowest BCUT2D eigenvalue weighted by molar-refractivity contribution is -0.113. The van der Waals surface area contributed by atoms with Gasteiger partial charge in [0.1, 0.15) is 23.1 Å². The van der Waals surface area contributed by atoms with Gasteiger partial charge in [-0.3, -0.25) is 9.00 Å². The first kappa shape index (κ1) is 15.3. The molecular weight excluding hydrogens is 302 g/mol. The SMILES string of the molecule is Cc1cc(C[S@](=O)CC(=O)Nc2ccc(F)cc2F)no1. The van der Waals surface area contributed by atoms with Crippen molar-refractivity contribution in [3.05, 3.63) is 47.4 Å². The zero-order valence-corrected chi connectivity index (χ0v) is 11.9. The molecule has 0 aliphatic rings. The fourth-order valence-corrected chi connectivity index (χ4v) is 2.56. The number of carbonyl (C=O) groups excluding carboxylic acids is 1. The Hall–Kier alpha value is -2.09. The summed E-state index contributed by atoms with van der Waals surface area (Å²) in [5, 5.41) is 5.91. The fourth-order valence-electron chi connectivity index (χ4n) is 1.63. The molecule has 0 unspecified atom stereocenters. The number of hydrogen-bond donors (Lipinski definition) is 1. The van der Waals surface area contributed by atoms with E-state index in [9.17, 15) is 17.8 Å². The van der Waals surface area contributed by atoms with Gasteiger partial charge in [-0.15, -0.1) is 0 Å². The number of carbonyl (C=O) groups is 1. The van der Waals surface area contributed by atoms with Crippen LogP contribution in [0.1, 0.15) is 11.5 Å². The minimum absolute atomic E-state index is 0.0661. The van der Waals surface area contributed by atoms with Gasteiger partial charge >= 0.3 is 0 Å². The second-order valence-electron chi connectivity index (χ2n) is 4.33. The Kier molecular flexibility index (Phi) is 4.79. The number of halogens is 2. The lowest BCUT2D eigenvalue weighted by Gasteiger charge is -2.06. The Morgan fingerprint density at radius 3 is 2.76 bits per heavy atom. The molecule has 0 aliphatic heterocycles. The van der Waals surface area contributed by atoms with E-state index in [4.69, 9.17) is 4.52 Å². The summed E-state index contributed by atoms with van der Waals surface area (Å²) < 4.78 is 42.7. The average Bonchev–Trinajstić information content (AvgIpc) is 2.78. The van der Waals surface area contributed by atoms with Crippen LogP contribution in [-0.4, -0.2) is 21.0 Å². The third-order valence-electron chi connectivity index (χ3n) is 2.48. The van der Waals surface area contributed by atoms with E-state index >= 15 is 0 Å². The molecule has 0 spiro atoms. The predicted molar refractivity (Wildman–Crippen MR) is 72.9 cm³/mol. The van der Waals surface area contributed by atoms with E-state index in [-0.39, 0.29) is 17.2 Å². The summed E-state index contributed by atoms with van der Waals surface area (Å²) in [7, 11) is -1.50. The van der Waals surface area contributed by atoms with Crippen molar-refractivity contribution in [2.24, 2.45) is 0 Å². The number of nitrogens with one attached hydrogen (secondary N) is 1. The number of benzene rings is 1. The molecule has 1 aromatic heterocycles. The summed E-state index contributed by atoms with van der Waals surface area (Å²) in [6.07, 6.45) is 0. The van der Waals surface area contributed by atoms with Crippen LogP contribution in [0.25, 0.3) is 0 Å². The molecule has 1 aromatic carbocycles. The topological polar surface area (TPSA) is 72.2 Å². The predicted octanol–water partition coefficient (Wildman–Crippen LogP) is 2.15. The van der Waals surface area contributed by atoms with Crippen LogP contribution in [0.4, 0.5) is 14.5 Å². The number of anilines is 1. The lowest BCUT2D eigenvalue weighted by Crippen LogP contribution is -2.21. The van der Waals surface area contributed by atoms with Crippen molar-refractivity contribution >= 4 is 22.4 Å². The Morgan fingerprint density at radius 2 is 2.14 bits per heavy atom. The van der Waals surface area contributed by atoms with Gasteiger partial charge in [0.2, 0.25) is 5.91 Å².